The largest absolute Gasteiger partial charge is 0.497 e. The van der Waals surface area contributed by atoms with Crippen molar-refractivity contribution in [2.75, 3.05) is 23.9 Å². The lowest BCUT2D eigenvalue weighted by atomic mass is 10.1. The number of hydrogen-bond donors (Lipinski definition) is 1. The minimum absolute atomic E-state index is 0.697. The summed E-state index contributed by atoms with van der Waals surface area (Å²) in [5, 5.41) is 3.22. The fraction of sp³-hybridized carbons (Fsp3) is 0.300. The molecule has 7 nitrogen and oxygen atoms in total. The fourth-order valence-corrected chi connectivity index (χ4v) is 3.13. The molecule has 0 amide bonds. The molecular weight excluding hydrogens is 340 g/mol. The monoisotopic (exact) mass is 362 g/mol. The van der Waals surface area contributed by atoms with Crippen LogP contribution in [-0.2, 0) is 19.5 Å². The highest BCUT2D eigenvalue weighted by molar-refractivity contribution is 5.45. The SMILES string of the molecule is CCNc1ccnc(N2Cc3cnc(Cc4ccc(OC)cc4)nc3C2)n1. The van der Waals surface area contributed by atoms with Gasteiger partial charge in [-0.3, -0.25) is 0 Å². The highest BCUT2D eigenvalue weighted by Gasteiger charge is 2.23. The van der Waals surface area contributed by atoms with Gasteiger partial charge in [0.15, 0.2) is 0 Å². The van der Waals surface area contributed by atoms with E-state index in [2.05, 4.69) is 25.2 Å². The molecule has 2 aromatic heterocycles. The normalized spacial score (nSPS) is 12.7. The lowest BCUT2D eigenvalue weighted by Gasteiger charge is -2.15. The van der Waals surface area contributed by atoms with Crippen molar-refractivity contribution < 1.29 is 4.74 Å². The lowest BCUT2D eigenvalue weighted by Crippen LogP contribution is -2.18. The standard InChI is InChI=1S/C20H22N6O/c1-3-21-18-8-9-22-20(25-18)26-12-15-11-23-19(24-17(15)13-26)10-14-4-6-16(27-2)7-5-14/h4-9,11H,3,10,12-13H2,1-2H3,(H,21,22,25). The molecule has 138 valence electrons. The van der Waals surface area contributed by atoms with Crippen LogP contribution in [0.1, 0.15) is 29.6 Å². The number of fused-ring (bicyclic) bond motifs is 1. The van der Waals surface area contributed by atoms with Crippen molar-refractivity contribution in [3.05, 3.63) is 65.4 Å². The van der Waals surface area contributed by atoms with Crippen LogP contribution >= 0.6 is 0 Å². The number of ether oxygens (including phenoxy) is 1. The highest BCUT2D eigenvalue weighted by Crippen LogP contribution is 2.25. The number of methoxy groups -OCH3 is 1. The van der Waals surface area contributed by atoms with Gasteiger partial charge in [0.1, 0.15) is 17.4 Å². The van der Waals surface area contributed by atoms with Crippen LogP contribution < -0.4 is 15.0 Å². The molecule has 1 N–H and O–H groups in total. The van der Waals surface area contributed by atoms with Crippen LogP contribution in [0.5, 0.6) is 5.75 Å². The maximum absolute atomic E-state index is 5.20. The molecule has 0 aliphatic carbocycles. The van der Waals surface area contributed by atoms with Gasteiger partial charge in [0.25, 0.3) is 0 Å². The van der Waals surface area contributed by atoms with Crippen molar-refractivity contribution >= 4 is 11.8 Å². The molecule has 4 rings (SSSR count). The zero-order valence-corrected chi connectivity index (χ0v) is 15.5. The van der Waals surface area contributed by atoms with Crippen molar-refractivity contribution in [2.24, 2.45) is 0 Å². The average Bonchev–Trinajstić information content (AvgIpc) is 3.13. The number of anilines is 2. The Morgan fingerprint density at radius 3 is 2.70 bits per heavy atom. The average molecular weight is 362 g/mol. The van der Waals surface area contributed by atoms with Crippen LogP contribution in [0.3, 0.4) is 0 Å². The Labute approximate surface area is 158 Å². The van der Waals surface area contributed by atoms with Crippen molar-refractivity contribution in [1.82, 2.24) is 19.9 Å². The molecule has 7 heteroatoms. The first-order valence-electron chi connectivity index (χ1n) is 9.03. The van der Waals surface area contributed by atoms with Crippen molar-refractivity contribution in [2.45, 2.75) is 26.4 Å². The van der Waals surface area contributed by atoms with Crippen LogP contribution in [-0.4, -0.2) is 33.6 Å². The quantitative estimate of drug-likeness (QED) is 0.722. The molecule has 3 heterocycles. The van der Waals surface area contributed by atoms with Crippen molar-refractivity contribution in [1.29, 1.82) is 0 Å². The second-order valence-electron chi connectivity index (χ2n) is 6.41. The van der Waals surface area contributed by atoms with Gasteiger partial charge in [-0.2, -0.15) is 4.98 Å². The summed E-state index contributed by atoms with van der Waals surface area (Å²) >= 11 is 0. The van der Waals surface area contributed by atoms with Crippen molar-refractivity contribution in [3.63, 3.8) is 0 Å². The number of rotatable bonds is 6. The molecule has 0 atom stereocenters. The summed E-state index contributed by atoms with van der Waals surface area (Å²) < 4.78 is 5.20. The summed E-state index contributed by atoms with van der Waals surface area (Å²) in [4.78, 5) is 20.4. The van der Waals surface area contributed by atoms with E-state index in [1.807, 2.05) is 43.5 Å². The van der Waals surface area contributed by atoms with Gasteiger partial charge in [0, 0.05) is 37.5 Å². The topological polar surface area (TPSA) is 76.1 Å². The van der Waals surface area contributed by atoms with Gasteiger partial charge >= 0.3 is 0 Å². The van der Waals surface area contributed by atoms with Gasteiger partial charge in [-0.1, -0.05) is 12.1 Å². The van der Waals surface area contributed by atoms with E-state index in [0.29, 0.717) is 18.9 Å². The second-order valence-corrected chi connectivity index (χ2v) is 6.41. The Hall–Kier alpha value is -3.22. The highest BCUT2D eigenvalue weighted by atomic mass is 16.5. The molecule has 1 aliphatic rings. The van der Waals surface area contributed by atoms with Gasteiger partial charge < -0.3 is 15.0 Å². The maximum atomic E-state index is 5.20. The van der Waals surface area contributed by atoms with E-state index in [0.717, 1.165) is 47.3 Å². The van der Waals surface area contributed by atoms with E-state index in [4.69, 9.17) is 9.72 Å². The Morgan fingerprint density at radius 2 is 1.93 bits per heavy atom. The third kappa shape index (κ3) is 3.81. The zero-order valence-electron chi connectivity index (χ0n) is 15.5. The summed E-state index contributed by atoms with van der Waals surface area (Å²) in [6.45, 7) is 4.31. The van der Waals surface area contributed by atoms with E-state index in [1.54, 1.807) is 13.3 Å². The first kappa shape index (κ1) is 17.2. The molecule has 3 aromatic rings. The maximum Gasteiger partial charge on any atom is 0.227 e. The van der Waals surface area contributed by atoms with Gasteiger partial charge in [-0.25, -0.2) is 15.0 Å². The summed E-state index contributed by atoms with van der Waals surface area (Å²) in [6, 6.07) is 9.88. The predicted molar refractivity (Wildman–Crippen MR) is 104 cm³/mol. The molecule has 0 bridgehead atoms. The number of benzene rings is 1. The molecule has 0 unspecified atom stereocenters. The summed E-state index contributed by atoms with van der Waals surface area (Å²) in [7, 11) is 1.67. The molecule has 1 aliphatic heterocycles. The smallest absolute Gasteiger partial charge is 0.227 e. The fourth-order valence-electron chi connectivity index (χ4n) is 3.13. The molecule has 27 heavy (non-hydrogen) atoms. The van der Waals surface area contributed by atoms with Crippen LogP contribution in [0.2, 0.25) is 0 Å². The van der Waals surface area contributed by atoms with Gasteiger partial charge in [-0.15, -0.1) is 0 Å². The van der Waals surface area contributed by atoms with E-state index >= 15 is 0 Å². The summed E-state index contributed by atoms with van der Waals surface area (Å²) in [5.41, 5.74) is 3.34. The number of nitrogens with one attached hydrogen (secondary N) is 1. The number of hydrogen-bond acceptors (Lipinski definition) is 7. The van der Waals surface area contributed by atoms with Crippen LogP contribution in [0, 0.1) is 0 Å². The summed E-state index contributed by atoms with van der Waals surface area (Å²) in [5.74, 6) is 3.22. The molecule has 0 spiro atoms. The Balaban J connectivity index is 1.48. The second kappa shape index (κ2) is 7.57. The zero-order chi connectivity index (χ0) is 18.6. The van der Waals surface area contributed by atoms with E-state index in [9.17, 15) is 0 Å². The molecule has 0 saturated carbocycles. The van der Waals surface area contributed by atoms with Crippen LogP contribution in [0.15, 0.2) is 42.7 Å². The first-order chi connectivity index (χ1) is 13.2. The molecule has 1 aromatic carbocycles. The minimum Gasteiger partial charge on any atom is -0.497 e. The van der Waals surface area contributed by atoms with E-state index in [-0.39, 0.29) is 0 Å². The van der Waals surface area contributed by atoms with Gasteiger partial charge in [0.05, 0.1) is 19.3 Å². The number of nitrogens with zero attached hydrogens (tertiary/aromatic N) is 5. The van der Waals surface area contributed by atoms with E-state index in [1.165, 1.54) is 0 Å². The molecule has 0 fully saturated rings. The van der Waals surface area contributed by atoms with Gasteiger partial charge in [0.2, 0.25) is 5.95 Å². The minimum atomic E-state index is 0.697. The Bertz CT molecular complexity index is 928. The Kier molecular flexibility index (Phi) is 4.82. The third-order valence-electron chi connectivity index (χ3n) is 4.51. The Morgan fingerprint density at radius 1 is 1.07 bits per heavy atom. The van der Waals surface area contributed by atoms with Gasteiger partial charge in [-0.05, 0) is 30.7 Å². The van der Waals surface area contributed by atoms with Crippen LogP contribution in [0.4, 0.5) is 11.8 Å². The van der Waals surface area contributed by atoms with Crippen molar-refractivity contribution in [3.8, 4) is 5.75 Å². The molecule has 0 saturated heterocycles. The molecule has 0 radical (unpaired) electrons. The lowest BCUT2D eigenvalue weighted by molar-refractivity contribution is 0.414. The van der Waals surface area contributed by atoms with E-state index < -0.39 is 0 Å². The number of aromatic nitrogens is 4. The third-order valence-corrected chi connectivity index (χ3v) is 4.51. The van der Waals surface area contributed by atoms with Crippen LogP contribution in [0.25, 0.3) is 0 Å². The summed E-state index contributed by atoms with van der Waals surface area (Å²) in [6.07, 6.45) is 4.41. The first-order valence-corrected chi connectivity index (χ1v) is 9.03. The molecular formula is C20H22N6O. The predicted octanol–water partition coefficient (Wildman–Crippen LogP) is 2.82.